The number of fused-ring (bicyclic) bond motifs is 3. The lowest BCUT2D eigenvalue weighted by Crippen LogP contribution is -2.34. The summed E-state index contributed by atoms with van der Waals surface area (Å²) < 4.78 is 5.94. The topological polar surface area (TPSA) is 55.6 Å². The third-order valence-corrected chi connectivity index (χ3v) is 6.42. The number of anilines is 2. The van der Waals surface area contributed by atoms with Gasteiger partial charge in [0.2, 0.25) is 0 Å². The molecule has 2 N–H and O–H groups in total. The maximum absolute atomic E-state index is 13.5. The molecule has 4 rings (SSSR count). The molecule has 3 aromatic carbocycles. The first kappa shape index (κ1) is 22.9. The van der Waals surface area contributed by atoms with Gasteiger partial charge in [-0.3, -0.25) is 4.90 Å². The van der Waals surface area contributed by atoms with Crippen LogP contribution < -0.4 is 10.6 Å². The smallest absolute Gasteiger partial charge is 0.414 e. The first-order valence-electron chi connectivity index (χ1n) is 12.1. The van der Waals surface area contributed by atoms with E-state index in [-0.39, 0.29) is 12.2 Å². The minimum atomic E-state index is -0.292. The predicted molar refractivity (Wildman–Crippen MR) is 136 cm³/mol. The minimum absolute atomic E-state index is 0.114. The summed E-state index contributed by atoms with van der Waals surface area (Å²) in [5.41, 5.74) is 13.5. The summed E-state index contributed by atoms with van der Waals surface area (Å²) in [6.07, 6.45) is 5.98. The Labute approximate surface area is 197 Å². The molecule has 4 nitrogen and oxygen atoms in total. The van der Waals surface area contributed by atoms with Crippen LogP contribution >= 0.6 is 0 Å². The molecule has 0 saturated heterocycles. The lowest BCUT2D eigenvalue weighted by Gasteiger charge is -2.26. The van der Waals surface area contributed by atoms with E-state index in [1.54, 1.807) is 4.90 Å². The molecule has 0 aromatic heterocycles. The number of unbranched alkanes of at least 4 members (excludes halogenated alkanes) is 3. The highest BCUT2D eigenvalue weighted by atomic mass is 16.6. The van der Waals surface area contributed by atoms with Crippen LogP contribution in [0.1, 0.15) is 62.6 Å². The van der Waals surface area contributed by atoms with Crippen LogP contribution in [-0.4, -0.2) is 12.2 Å². The van der Waals surface area contributed by atoms with E-state index in [0.29, 0.717) is 12.2 Å². The van der Waals surface area contributed by atoms with Crippen LogP contribution in [-0.2, 0) is 17.7 Å². The Balaban J connectivity index is 1.60. The third-order valence-electron chi connectivity index (χ3n) is 6.42. The van der Waals surface area contributed by atoms with Crippen LogP contribution in [0.3, 0.4) is 0 Å². The van der Waals surface area contributed by atoms with Gasteiger partial charge in [-0.15, -0.1) is 0 Å². The second kappa shape index (κ2) is 10.6. The number of ether oxygens (including phenoxy) is 1. The van der Waals surface area contributed by atoms with Crippen LogP contribution in [0.25, 0.3) is 11.1 Å². The maximum atomic E-state index is 13.5. The van der Waals surface area contributed by atoms with Crippen molar-refractivity contribution in [3.63, 3.8) is 0 Å². The number of carbonyl (C=O) groups is 1. The molecular weight excluding hydrogens is 408 g/mol. The van der Waals surface area contributed by atoms with Gasteiger partial charge < -0.3 is 10.5 Å². The van der Waals surface area contributed by atoms with E-state index in [1.165, 1.54) is 41.5 Å². The fourth-order valence-electron chi connectivity index (χ4n) is 4.60. The molecule has 1 aliphatic carbocycles. The van der Waals surface area contributed by atoms with E-state index < -0.39 is 0 Å². The largest absolute Gasteiger partial charge is 0.446 e. The van der Waals surface area contributed by atoms with Gasteiger partial charge in [0.25, 0.3) is 0 Å². The zero-order valence-corrected chi connectivity index (χ0v) is 19.7. The summed E-state index contributed by atoms with van der Waals surface area (Å²) in [6, 6.07) is 22.4. The van der Waals surface area contributed by atoms with Gasteiger partial charge in [-0.2, -0.15) is 0 Å². The van der Waals surface area contributed by atoms with Gasteiger partial charge in [-0.05, 0) is 65.8 Å². The van der Waals surface area contributed by atoms with E-state index in [2.05, 4.69) is 37.3 Å². The summed E-state index contributed by atoms with van der Waals surface area (Å²) in [5.74, 6) is 0. The second-order valence-electron chi connectivity index (χ2n) is 9.01. The number of hydrogen-bond acceptors (Lipinski definition) is 3. The molecular formula is C29H34N2O2. The Hall–Kier alpha value is -3.27. The Morgan fingerprint density at radius 2 is 1.73 bits per heavy atom. The summed E-state index contributed by atoms with van der Waals surface area (Å²) in [6.45, 7) is 4.64. The Kier molecular flexibility index (Phi) is 7.33. The maximum Gasteiger partial charge on any atom is 0.414 e. The fourth-order valence-corrected chi connectivity index (χ4v) is 4.60. The van der Waals surface area contributed by atoms with E-state index in [0.717, 1.165) is 30.5 Å². The Morgan fingerprint density at radius 1 is 0.970 bits per heavy atom. The van der Waals surface area contributed by atoms with Gasteiger partial charge in [0.1, 0.15) is 6.10 Å². The van der Waals surface area contributed by atoms with Crippen LogP contribution in [0.15, 0.2) is 66.7 Å². The standard InChI is InChI=1S/C29H34N2O2/c1-3-4-5-6-10-21(2)33-29(32)31(20-22-15-17-24(30)18-16-22)28-14-9-13-26-25-12-8-7-11-23(25)19-27(26)28/h7-9,11-18,21H,3-6,10,19-20,30H2,1-2H3. The number of benzene rings is 3. The van der Waals surface area contributed by atoms with E-state index in [1.807, 2.05) is 43.3 Å². The Morgan fingerprint density at radius 3 is 2.52 bits per heavy atom. The zero-order valence-electron chi connectivity index (χ0n) is 19.7. The molecule has 1 unspecified atom stereocenters. The van der Waals surface area contributed by atoms with Crippen LogP contribution in [0.5, 0.6) is 0 Å². The quantitative estimate of drug-likeness (QED) is 0.218. The van der Waals surface area contributed by atoms with Gasteiger partial charge in [-0.25, -0.2) is 4.79 Å². The lowest BCUT2D eigenvalue weighted by molar-refractivity contribution is 0.107. The number of carbonyl (C=O) groups excluding carboxylic acids is 1. The normalized spacial score (nSPS) is 12.7. The highest BCUT2D eigenvalue weighted by molar-refractivity contribution is 5.92. The SMILES string of the molecule is CCCCCCC(C)OC(=O)N(Cc1ccc(N)cc1)c1cccc2c1Cc1ccccc1-2. The summed E-state index contributed by atoms with van der Waals surface area (Å²) in [4.78, 5) is 15.3. The van der Waals surface area contributed by atoms with Crippen molar-refractivity contribution < 1.29 is 9.53 Å². The predicted octanol–water partition coefficient (Wildman–Crippen LogP) is 7.34. The molecule has 0 aliphatic heterocycles. The highest BCUT2D eigenvalue weighted by Gasteiger charge is 2.27. The molecule has 0 radical (unpaired) electrons. The van der Waals surface area contributed by atoms with Crippen molar-refractivity contribution in [3.8, 4) is 11.1 Å². The van der Waals surface area contributed by atoms with Gasteiger partial charge in [0.05, 0.1) is 12.2 Å². The van der Waals surface area contributed by atoms with Gasteiger partial charge >= 0.3 is 6.09 Å². The summed E-state index contributed by atoms with van der Waals surface area (Å²) in [7, 11) is 0. The van der Waals surface area contributed by atoms with Crippen molar-refractivity contribution in [3.05, 3.63) is 83.4 Å². The molecule has 33 heavy (non-hydrogen) atoms. The summed E-state index contributed by atoms with van der Waals surface area (Å²) >= 11 is 0. The minimum Gasteiger partial charge on any atom is -0.446 e. The van der Waals surface area contributed by atoms with Crippen molar-refractivity contribution in [2.24, 2.45) is 0 Å². The molecule has 3 aromatic rings. The van der Waals surface area contributed by atoms with E-state index in [4.69, 9.17) is 10.5 Å². The fraction of sp³-hybridized carbons (Fsp3) is 0.345. The van der Waals surface area contributed by atoms with Crippen molar-refractivity contribution >= 4 is 17.5 Å². The molecule has 1 amide bonds. The van der Waals surface area contributed by atoms with Crippen LogP contribution in [0.2, 0.25) is 0 Å². The number of nitrogens with zero attached hydrogens (tertiary/aromatic N) is 1. The molecule has 0 heterocycles. The van der Waals surface area contributed by atoms with Gasteiger partial charge in [-0.1, -0.05) is 74.7 Å². The van der Waals surface area contributed by atoms with Crippen molar-refractivity contribution in [2.75, 3.05) is 10.6 Å². The third kappa shape index (κ3) is 5.39. The number of nitrogen functional groups attached to an aromatic ring is 1. The van der Waals surface area contributed by atoms with Gasteiger partial charge in [0, 0.05) is 12.1 Å². The van der Waals surface area contributed by atoms with E-state index in [9.17, 15) is 4.79 Å². The number of rotatable bonds is 9. The molecule has 1 aliphatic rings. The summed E-state index contributed by atoms with van der Waals surface area (Å²) in [5, 5.41) is 0. The van der Waals surface area contributed by atoms with Crippen molar-refractivity contribution in [1.29, 1.82) is 0 Å². The lowest BCUT2D eigenvalue weighted by atomic mass is 10.0. The van der Waals surface area contributed by atoms with Crippen LogP contribution in [0, 0.1) is 0 Å². The molecule has 0 bridgehead atoms. The first-order chi connectivity index (χ1) is 16.1. The molecule has 172 valence electrons. The number of hydrogen-bond donors (Lipinski definition) is 1. The molecule has 0 saturated carbocycles. The molecule has 0 spiro atoms. The average molecular weight is 443 g/mol. The van der Waals surface area contributed by atoms with E-state index >= 15 is 0 Å². The monoisotopic (exact) mass is 442 g/mol. The van der Waals surface area contributed by atoms with Gasteiger partial charge in [0.15, 0.2) is 0 Å². The average Bonchev–Trinajstić information content (AvgIpc) is 3.20. The number of amides is 1. The molecule has 4 heteroatoms. The second-order valence-corrected chi connectivity index (χ2v) is 9.01. The zero-order chi connectivity index (χ0) is 23.2. The molecule has 0 fully saturated rings. The highest BCUT2D eigenvalue weighted by Crippen LogP contribution is 2.41. The van der Waals surface area contributed by atoms with Crippen LogP contribution in [0.4, 0.5) is 16.2 Å². The van der Waals surface area contributed by atoms with Crippen molar-refractivity contribution in [1.82, 2.24) is 0 Å². The Bertz CT molecular complexity index is 1090. The van der Waals surface area contributed by atoms with Crippen molar-refractivity contribution in [2.45, 2.75) is 65.0 Å². The first-order valence-corrected chi connectivity index (χ1v) is 12.1. The molecule has 1 atom stereocenters. The number of nitrogens with two attached hydrogens (primary N) is 1.